The van der Waals surface area contributed by atoms with Gasteiger partial charge in [-0.2, -0.15) is 0 Å². The second-order valence-corrected chi connectivity index (χ2v) is 4.88. The molecule has 6 heteroatoms. The topological polar surface area (TPSA) is 54.9 Å². The smallest absolute Gasteiger partial charge is 0.191 e. The third kappa shape index (κ3) is 8.55. The molecule has 1 aromatic rings. The molecule has 0 aliphatic rings. The number of aliphatic imine (C=N–C) groups is 1. The minimum absolute atomic E-state index is 0.635. The molecule has 0 aliphatic heterocycles. The third-order valence-electron chi connectivity index (χ3n) is 2.76. The predicted octanol–water partition coefficient (Wildman–Crippen LogP) is 2.06. The number of ether oxygens (including phenoxy) is 2. The highest BCUT2D eigenvalue weighted by Gasteiger charge is 1.98. The molecule has 0 spiro atoms. The summed E-state index contributed by atoms with van der Waals surface area (Å²) < 4.78 is 10.3. The Morgan fingerprint density at radius 2 is 2.10 bits per heavy atom. The molecule has 1 rings (SSSR count). The van der Waals surface area contributed by atoms with Gasteiger partial charge in [-0.05, 0) is 24.1 Å². The van der Waals surface area contributed by atoms with Crippen molar-refractivity contribution >= 4 is 17.6 Å². The van der Waals surface area contributed by atoms with Crippen molar-refractivity contribution in [1.82, 2.24) is 10.6 Å². The van der Waals surface area contributed by atoms with Gasteiger partial charge < -0.3 is 20.1 Å². The maximum absolute atomic E-state index is 5.95. The number of rotatable bonds is 9. The van der Waals surface area contributed by atoms with E-state index in [-0.39, 0.29) is 0 Å². The van der Waals surface area contributed by atoms with E-state index in [0.29, 0.717) is 26.4 Å². The number of guanidine groups is 1. The molecular weight excluding hydrogens is 290 g/mol. The molecule has 118 valence electrons. The highest BCUT2D eigenvalue weighted by molar-refractivity contribution is 6.30. The monoisotopic (exact) mass is 313 g/mol. The van der Waals surface area contributed by atoms with E-state index < -0.39 is 0 Å². The maximum atomic E-state index is 5.95. The van der Waals surface area contributed by atoms with Gasteiger partial charge in [-0.15, -0.1) is 0 Å². The zero-order chi connectivity index (χ0) is 15.3. The van der Waals surface area contributed by atoms with Crippen LogP contribution in [0.2, 0.25) is 5.02 Å². The Hall–Kier alpha value is -1.30. The zero-order valence-corrected chi connectivity index (χ0v) is 13.4. The molecule has 1 aromatic carbocycles. The van der Waals surface area contributed by atoms with Gasteiger partial charge in [0.15, 0.2) is 5.96 Å². The lowest BCUT2D eigenvalue weighted by Crippen LogP contribution is -2.37. The Bertz CT molecular complexity index is 427. The van der Waals surface area contributed by atoms with E-state index in [0.717, 1.165) is 29.5 Å². The van der Waals surface area contributed by atoms with Crippen LogP contribution in [0.3, 0.4) is 0 Å². The van der Waals surface area contributed by atoms with Crippen LogP contribution in [0.4, 0.5) is 0 Å². The molecule has 0 amide bonds. The van der Waals surface area contributed by atoms with Crippen LogP contribution in [0, 0.1) is 0 Å². The Morgan fingerprint density at radius 1 is 1.24 bits per heavy atom. The van der Waals surface area contributed by atoms with Crippen molar-refractivity contribution in [3.63, 3.8) is 0 Å². The van der Waals surface area contributed by atoms with Gasteiger partial charge in [0, 0.05) is 38.9 Å². The van der Waals surface area contributed by atoms with Gasteiger partial charge in [0.2, 0.25) is 0 Å². The number of hydrogen-bond acceptors (Lipinski definition) is 3. The van der Waals surface area contributed by atoms with Crippen molar-refractivity contribution in [2.24, 2.45) is 4.99 Å². The lowest BCUT2D eigenvalue weighted by atomic mass is 10.2. The fourth-order valence-corrected chi connectivity index (χ4v) is 1.89. The lowest BCUT2D eigenvalue weighted by molar-refractivity contribution is 0.0698. The predicted molar refractivity (Wildman–Crippen MR) is 87.0 cm³/mol. The van der Waals surface area contributed by atoms with Crippen LogP contribution in [0.1, 0.15) is 12.0 Å². The molecule has 0 aliphatic carbocycles. The number of halogens is 1. The van der Waals surface area contributed by atoms with Gasteiger partial charge in [0.1, 0.15) is 0 Å². The summed E-state index contributed by atoms with van der Waals surface area (Å²) in [5, 5.41) is 7.22. The largest absolute Gasteiger partial charge is 0.382 e. The first-order valence-corrected chi connectivity index (χ1v) is 7.39. The Balaban J connectivity index is 2.15. The molecule has 0 atom stereocenters. The van der Waals surface area contributed by atoms with E-state index in [9.17, 15) is 0 Å². The van der Waals surface area contributed by atoms with Crippen molar-refractivity contribution in [3.05, 3.63) is 34.9 Å². The second kappa shape index (κ2) is 11.4. The van der Waals surface area contributed by atoms with E-state index in [1.807, 2.05) is 24.3 Å². The van der Waals surface area contributed by atoms with E-state index >= 15 is 0 Å². The van der Waals surface area contributed by atoms with Crippen molar-refractivity contribution in [1.29, 1.82) is 0 Å². The van der Waals surface area contributed by atoms with Gasteiger partial charge in [-0.25, -0.2) is 0 Å². The molecule has 21 heavy (non-hydrogen) atoms. The first-order chi connectivity index (χ1) is 10.3. The number of hydrogen-bond donors (Lipinski definition) is 2. The van der Waals surface area contributed by atoms with E-state index in [2.05, 4.69) is 15.6 Å². The molecule has 0 unspecified atom stereocenters. The van der Waals surface area contributed by atoms with Crippen LogP contribution >= 0.6 is 11.6 Å². The molecule has 0 bridgehead atoms. The summed E-state index contributed by atoms with van der Waals surface area (Å²) >= 11 is 5.95. The van der Waals surface area contributed by atoms with Crippen LogP contribution in [0.15, 0.2) is 29.3 Å². The average molecular weight is 314 g/mol. The molecule has 0 radical (unpaired) electrons. The van der Waals surface area contributed by atoms with Crippen molar-refractivity contribution in [2.45, 2.75) is 13.0 Å². The number of benzene rings is 1. The van der Waals surface area contributed by atoms with Gasteiger partial charge >= 0.3 is 0 Å². The lowest BCUT2D eigenvalue weighted by Gasteiger charge is -2.12. The minimum atomic E-state index is 0.635. The van der Waals surface area contributed by atoms with Crippen LogP contribution in [-0.4, -0.2) is 46.5 Å². The highest BCUT2D eigenvalue weighted by Crippen LogP contribution is 2.10. The standard InChI is InChI=1S/C15H24ClN3O2/c1-17-15(18-7-4-8-21-10-9-20-2)19-12-13-5-3-6-14(16)11-13/h3,5-6,11H,4,7-10,12H2,1-2H3,(H2,17,18,19). The fourth-order valence-electron chi connectivity index (χ4n) is 1.68. The average Bonchev–Trinajstić information content (AvgIpc) is 2.49. The maximum Gasteiger partial charge on any atom is 0.191 e. The van der Waals surface area contributed by atoms with Crippen LogP contribution < -0.4 is 10.6 Å². The molecule has 2 N–H and O–H groups in total. The number of nitrogens with zero attached hydrogens (tertiary/aromatic N) is 1. The summed E-state index contributed by atoms with van der Waals surface area (Å²) in [6.07, 6.45) is 0.918. The number of nitrogens with one attached hydrogen (secondary N) is 2. The summed E-state index contributed by atoms with van der Waals surface area (Å²) in [4.78, 5) is 4.17. The highest BCUT2D eigenvalue weighted by atomic mass is 35.5. The summed E-state index contributed by atoms with van der Waals surface area (Å²) in [7, 11) is 3.42. The molecular formula is C15H24ClN3O2. The van der Waals surface area contributed by atoms with Gasteiger partial charge in [-0.3, -0.25) is 4.99 Å². The Labute approximate surface area is 131 Å². The van der Waals surface area contributed by atoms with Gasteiger partial charge in [0.25, 0.3) is 0 Å². The quantitative estimate of drug-likeness (QED) is 0.416. The fraction of sp³-hybridized carbons (Fsp3) is 0.533. The third-order valence-corrected chi connectivity index (χ3v) is 3.00. The molecule has 0 heterocycles. The summed E-state index contributed by atoms with van der Waals surface area (Å²) in [6, 6.07) is 7.76. The van der Waals surface area contributed by atoms with E-state index in [1.54, 1.807) is 14.2 Å². The molecule has 0 aromatic heterocycles. The Morgan fingerprint density at radius 3 is 2.81 bits per heavy atom. The van der Waals surface area contributed by atoms with Crippen LogP contribution in [0.5, 0.6) is 0 Å². The van der Waals surface area contributed by atoms with Crippen molar-refractivity contribution in [2.75, 3.05) is 40.5 Å². The number of methoxy groups -OCH3 is 1. The zero-order valence-electron chi connectivity index (χ0n) is 12.7. The summed E-state index contributed by atoms with van der Waals surface area (Å²) in [5.74, 6) is 0.770. The van der Waals surface area contributed by atoms with Gasteiger partial charge in [-0.1, -0.05) is 23.7 Å². The summed E-state index contributed by atoms with van der Waals surface area (Å²) in [5.41, 5.74) is 1.12. The summed E-state index contributed by atoms with van der Waals surface area (Å²) in [6.45, 7) is 3.48. The first kappa shape index (κ1) is 17.8. The van der Waals surface area contributed by atoms with E-state index in [4.69, 9.17) is 21.1 Å². The minimum Gasteiger partial charge on any atom is -0.382 e. The van der Waals surface area contributed by atoms with Crippen LogP contribution in [0.25, 0.3) is 0 Å². The Kier molecular flexibility index (Phi) is 9.61. The first-order valence-electron chi connectivity index (χ1n) is 7.02. The molecule has 0 saturated carbocycles. The van der Waals surface area contributed by atoms with E-state index in [1.165, 1.54) is 0 Å². The SMILES string of the molecule is CN=C(NCCCOCCOC)NCc1cccc(Cl)c1. The normalized spacial score (nSPS) is 11.5. The van der Waals surface area contributed by atoms with Gasteiger partial charge in [0.05, 0.1) is 13.2 Å². The molecule has 5 nitrogen and oxygen atoms in total. The van der Waals surface area contributed by atoms with Crippen molar-refractivity contribution < 1.29 is 9.47 Å². The van der Waals surface area contributed by atoms with Crippen molar-refractivity contribution in [3.8, 4) is 0 Å². The second-order valence-electron chi connectivity index (χ2n) is 4.44. The molecule has 0 saturated heterocycles. The van der Waals surface area contributed by atoms with Crippen LogP contribution in [-0.2, 0) is 16.0 Å². The molecule has 0 fully saturated rings.